The molecule has 0 aliphatic carbocycles. The van der Waals surface area contributed by atoms with Gasteiger partial charge in [0.05, 0.1) is 19.0 Å². The summed E-state index contributed by atoms with van der Waals surface area (Å²) in [6.07, 6.45) is 0. The summed E-state index contributed by atoms with van der Waals surface area (Å²) in [7, 11) is 1.60. The summed E-state index contributed by atoms with van der Waals surface area (Å²) in [5.41, 5.74) is 1.50. The van der Waals surface area contributed by atoms with Gasteiger partial charge in [0.25, 0.3) is 5.56 Å². The van der Waals surface area contributed by atoms with Crippen molar-refractivity contribution in [3.8, 4) is 16.9 Å². The van der Waals surface area contributed by atoms with Gasteiger partial charge in [-0.15, -0.1) is 11.3 Å². The zero-order valence-corrected chi connectivity index (χ0v) is 13.1. The van der Waals surface area contributed by atoms with Gasteiger partial charge in [-0.2, -0.15) is 0 Å². The highest BCUT2D eigenvalue weighted by Gasteiger charge is 2.15. The van der Waals surface area contributed by atoms with Crippen LogP contribution in [0.15, 0.2) is 34.4 Å². The highest BCUT2D eigenvalue weighted by Crippen LogP contribution is 2.32. The average Bonchev–Trinajstić information content (AvgIpc) is 2.95. The molecule has 0 bridgehead atoms. The molecule has 0 unspecified atom stereocenters. The van der Waals surface area contributed by atoms with E-state index in [2.05, 4.69) is 4.98 Å². The monoisotopic (exact) mass is 318 g/mol. The minimum Gasteiger partial charge on any atom is -0.497 e. The summed E-state index contributed by atoms with van der Waals surface area (Å²) < 4.78 is 19.3. The van der Waals surface area contributed by atoms with Crippen LogP contribution in [-0.4, -0.2) is 23.3 Å². The maximum Gasteiger partial charge on any atom is 0.262 e. The van der Waals surface area contributed by atoms with Gasteiger partial charge in [0, 0.05) is 10.9 Å². The van der Waals surface area contributed by atoms with Gasteiger partial charge >= 0.3 is 0 Å². The number of halogens is 1. The third-order valence-corrected chi connectivity index (χ3v) is 4.45. The zero-order chi connectivity index (χ0) is 15.7. The summed E-state index contributed by atoms with van der Waals surface area (Å²) in [5, 5.41) is 2.45. The number of nitrogens with zero attached hydrogens (tertiary/aromatic N) is 2. The standard InChI is InChI=1S/C16H15FN2O2S/c1-10-18-15-14(16(20)19(10)7-6-17)13(9-22-15)11-4-3-5-12(8-11)21-2/h3-5,8-9H,6-7H2,1-2H3. The van der Waals surface area contributed by atoms with Crippen LogP contribution in [0.4, 0.5) is 4.39 Å². The zero-order valence-electron chi connectivity index (χ0n) is 12.3. The number of thiophene rings is 1. The first-order valence-corrected chi connectivity index (χ1v) is 7.72. The second-order valence-electron chi connectivity index (χ2n) is 4.87. The fourth-order valence-electron chi connectivity index (χ4n) is 2.48. The van der Waals surface area contributed by atoms with Gasteiger partial charge in [-0.1, -0.05) is 12.1 Å². The number of aryl methyl sites for hydroxylation is 1. The number of aromatic nitrogens is 2. The average molecular weight is 318 g/mol. The summed E-state index contributed by atoms with van der Waals surface area (Å²) >= 11 is 1.42. The van der Waals surface area contributed by atoms with Gasteiger partial charge in [-0.25, -0.2) is 9.37 Å². The molecule has 4 nitrogen and oxygen atoms in total. The topological polar surface area (TPSA) is 44.1 Å². The summed E-state index contributed by atoms with van der Waals surface area (Å²) in [6.45, 7) is 1.16. The van der Waals surface area contributed by atoms with E-state index < -0.39 is 6.67 Å². The van der Waals surface area contributed by atoms with Crippen LogP contribution in [-0.2, 0) is 6.54 Å². The number of ether oxygens (including phenoxy) is 1. The molecule has 2 heterocycles. The molecule has 0 N–H and O–H groups in total. The van der Waals surface area contributed by atoms with Gasteiger partial charge < -0.3 is 4.74 Å². The largest absolute Gasteiger partial charge is 0.497 e. The van der Waals surface area contributed by atoms with Crippen molar-refractivity contribution < 1.29 is 9.13 Å². The van der Waals surface area contributed by atoms with E-state index in [0.717, 1.165) is 16.9 Å². The molecule has 0 radical (unpaired) electrons. The number of hydrogen-bond donors (Lipinski definition) is 0. The van der Waals surface area contributed by atoms with Gasteiger partial charge in [0.2, 0.25) is 0 Å². The summed E-state index contributed by atoms with van der Waals surface area (Å²) in [4.78, 5) is 17.8. The maximum absolute atomic E-state index is 12.7. The fraction of sp³-hybridized carbons (Fsp3) is 0.250. The first-order valence-electron chi connectivity index (χ1n) is 6.84. The Bertz CT molecular complexity index is 885. The summed E-state index contributed by atoms with van der Waals surface area (Å²) in [6, 6.07) is 7.52. The molecule has 6 heteroatoms. The molecule has 3 aromatic rings. The van der Waals surface area contributed by atoms with E-state index in [1.165, 1.54) is 15.9 Å². The first-order chi connectivity index (χ1) is 10.7. The van der Waals surface area contributed by atoms with Crippen LogP contribution in [0.3, 0.4) is 0 Å². The van der Waals surface area contributed by atoms with Crippen molar-refractivity contribution in [1.29, 1.82) is 0 Å². The third kappa shape index (κ3) is 2.39. The first kappa shape index (κ1) is 14.7. The number of benzene rings is 1. The predicted octanol–water partition coefficient (Wildman–Crippen LogP) is 3.41. The van der Waals surface area contributed by atoms with Crippen molar-refractivity contribution in [2.45, 2.75) is 13.5 Å². The van der Waals surface area contributed by atoms with Crippen LogP contribution in [0.25, 0.3) is 21.3 Å². The number of methoxy groups -OCH3 is 1. The minimum atomic E-state index is -0.591. The number of rotatable bonds is 4. The summed E-state index contributed by atoms with van der Waals surface area (Å²) in [5.74, 6) is 1.26. The van der Waals surface area contributed by atoms with Crippen molar-refractivity contribution in [2.75, 3.05) is 13.8 Å². The smallest absolute Gasteiger partial charge is 0.262 e. The normalized spacial score (nSPS) is 11.0. The lowest BCUT2D eigenvalue weighted by Gasteiger charge is -2.08. The molecule has 1 aromatic carbocycles. The highest BCUT2D eigenvalue weighted by atomic mass is 32.1. The molecule has 0 saturated carbocycles. The van der Waals surface area contributed by atoms with Gasteiger partial charge in [-0.05, 0) is 24.6 Å². The number of hydrogen-bond acceptors (Lipinski definition) is 4. The molecule has 0 spiro atoms. The molecular weight excluding hydrogens is 303 g/mol. The highest BCUT2D eigenvalue weighted by molar-refractivity contribution is 7.17. The lowest BCUT2D eigenvalue weighted by molar-refractivity contribution is 0.415. The van der Waals surface area contributed by atoms with Crippen molar-refractivity contribution in [3.63, 3.8) is 0 Å². The Morgan fingerprint density at radius 2 is 2.23 bits per heavy atom. The minimum absolute atomic E-state index is 0.0288. The third-order valence-electron chi connectivity index (χ3n) is 3.57. The lowest BCUT2D eigenvalue weighted by atomic mass is 10.1. The lowest BCUT2D eigenvalue weighted by Crippen LogP contribution is -2.24. The van der Waals surface area contributed by atoms with E-state index in [1.54, 1.807) is 14.0 Å². The van der Waals surface area contributed by atoms with E-state index in [9.17, 15) is 9.18 Å². The second-order valence-corrected chi connectivity index (χ2v) is 5.72. The molecule has 0 aliphatic rings. The van der Waals surface area contributed by atoms with Crippen LogP contribution in [0, 0.1) is 6.92 Å². The van der Waals surface area contributed by atoms with Crippen LogP contribution >= 0.6 is 11.3 Å². The Kier molecular flexibility index (Phi) is 3.94. The van der Waals surface area contributed by atoms with Gasteiger partial charge in [0.15, 0.2) is 0 Å². The maximum atomic E-state index is 12.7. The molecule has 0 fully saturated rings. The van der Waals surface area contributed by atoms with E-state index in [4.69, 9.17) is 4.74 Å². The van der Waals surface area contributed by atoms with E-state index in [1.807, 2.05) is 29.6 Å². The van der Waals surface area contributed by atoms with Crippen molar-refractivity contribution in [2.24, 2.45) is 0 Å². The molecule has 2 aromatic heterocycles. The molecule has 0 atom stereocenters. The Morgan fingerprint density at radius 1 is 1.41 bits per heavy atom. The Morgan fingerprint density at radius 3 is 2.95 bits per heavy atom. The Balaban J connectivity index is 2.27. The molecular formula is C16H15FN2O2S. The molecule has 114 valence electrons. The number of fused-ring (bicyclic) bond motifs is 1. The molecule has 0 saturated heterocycles. The molecule has 0 amide bonds. The van der Waals surface area contributed by atoms with Crippen molar-refractivity contribution >= 4 is 21.6 Å². The van der Waals surface area contributed by atoms with E-state index >= 15 is 0 Å². The predicted molar refractivity (Wildman–Crippen MR) is 86.6 cm³/mol. The van der Waals surface area contributed by atoms with Crippen molar-refractivity contribution in [3.05, 3.63) is 45.8 Å². The molecule has 22 heavy (non-hydrogen) atoms. The van der Waals surface area contributed by atoms with Crippen LogP contribution < -0.4 is 10.3 Å². The van der Waals surface area contributed by atoms with E-state index in [0.29, 0.717) is 16.0 Å². The quantitative estimate of drug-likeness (QED) is 0.740. The van der Waals surface area contributed by atoms with Crippen molar-refractivity contribution in [1.82, 2.24) is 9.55 Å². The van der Waals surface area contributed by atoms with Gasteiger partial charge in [-0.3, -0.25) is 9.36 Å². The van der Waals surface area contributed by atoms with Crippen LogP contribution in [0.5, 0.6) is 5.75 Å². The fourth-order valence-corrected chi connectivity index (χ4v) is 3.46. The Hall–Kier alpha value is -2.21. The van der Waals surface area contributed by atoms with Gasteiger partial charge in [0.1, 0.15) is 23.1 Å². The van der Waals surface area contributed by atoms with E-state index in [-0.39, 0.29) is 12.1 Å². The van der Waals surface area contributed by atoms with Crippen LogP contribution in [0.1, 0.15) is 5.82 Å². The SMILES string of the molecule is COc1cccc(-c2csc3nc(C)n(CCF)c(=O)c23)c1. The number of alkyl halides is 1. The molecule has 3 rings (SSSR count). The Labute approximate surface area is 130 Å². The second kappa shape index (κ2) is 5.88. The molecule has 0 aliphatic heterocycles. The van der Waals surface area contributed by atoms with Crippen LogP contribution in [0.2, 0.25) is 0 Å².